The number of benzene rings is 1. The van der Waals surface area contributed by atoms with E-state index in [0.717, 1.165) is 19.0 Å². The van der Waals surface area contributed by atoms with Crippen LogP contribution in [0.5, 0.6) is 0 Å². The lowest BCUT2D eigenvalue weighted by molar-refractivity contribution is 0.154. The molecule has 2 rings (SSSR count). The van der Waals surface area contributed by atoms with Gasteiger partial charge in [0, 0.05) is 19.6 Å². The summed E-state index contributed by atoms with van der Waals surface area (Å²) in [5.74, 6) is 0.733. The Kier molecular flexibility index (Phi) is 6.25. The first-order chi connectivity index (χ1) is 10.2. The maximum atomic E-state index is 3.58. The molecule has 1 aromatic carbocycles. The van der Waals surface area contributed by atoms with Crippen molar-refractivity contribution in [3.63, 3.8) is 0 Å². The van der Waals surface area contributed by atoms with Crippen molar-refractivity contribution in [2.45, 2.75) is 46.0 Å². The molecule has 21 heavy (non-hydrogen) atoms. The van der Waals surface area contributed by atoms with Crippen LogP contribution in [0.1, 0.15) is 51.5 Å². The van der Waals surface area contributed by atoms with Crippen molar-refractivity contribution in [3.05, 3.63) is 35.9 Å². The third-order valence-electron chi connectivity index (χ3n) is 5.35. The van der Waals surface area contributed by atoms with Gasteiger partial charge in [-0.1, -0.05) is 51.1 Å². The predicted octanol–water partition coefficient (Wildman–Crippen LogP) is 3.89. The molecule has 0 saturated carbocycles. The number of rotatable bonds is 8. The van der Waals surface area contributed by atoms with Crippen LogP contribution >= 0.6 is 0 Å². The highest BCUT2D eigenvalue weighted by atomic mass is 15.2. The van der Waals surface area contributed by atoms with Gasteiger partial charge in [-0.3, -0.25) is 0 Å². The minimum absolute atomic E-state index is 0.446. The number of hydrogen-bond donors (Lipinski definition) is 1. The second kappa shape index (κ2) is 7.95. The van der Waals surface area contributed by atoms with E-state index in [1.165, 1.54) is 44.5 Å². The van der Waals surface area contributed by atoms with Gasteiger partial charge in [0.25, 0.3) is 0 Å². The highest BCUT2D eigenvalue weighted by Gasteiger charge is 2.32. The largest absolute Gasteiger partial charge is 0.316 e. The molecule has 0 radical (unpaired) electrons. The van der Waals surface area contributed by atoms with Gasteiger partial charge in [-0.05, 0) is 49.2 Å². The Morgan fingerprint density at radius 1 is 1.14 bits per heavy atom. The van der Waals surface area contributed by atoms with Gasteiger partial charge in [0.15, 0.2) is 0 Å². The first kappa shape index (κ1) is 16.5. The molecular weight excluding hydrogens is 256 g/mol. The van der Waals surface area contributed by atoms with E-state index in [1.807, 2.05) is 0 Å². The van der Waals surface area contributed by atoms with Crippen LogP contribution in [0.2, 0.25) is 0 Å². The molecule has 1 aliphatic rings. The van der Waals surface area contributed by atoms with Gasteiger partial charge in [0.1, 0.15) is 0 Å². The third-order valence-corrected chi connectivity index (χ3v) is 5.35. The molecule has 1 atom stereocenters. The van der Waals surface area contributed by atoms with Crippen LogP contribution in [-0.2, 0) is 0 Å². The van der Waals surface area contributed by atoms with Crippen LogP contribution in [-0.4, -0.2) is 37.6 Å². The Labute approximate surface area is 130 Å². The molecular formula is C19H32N2. The van der Waals surface area contributed by atoms with Crippen molar-refractivity contribution in [1.82, 2.24) is 10.2 Å². The Bertz CT molecular complexity index is 397. The molecule has 1 N–H and O–H groups in total. The highest BCUT2D eigenvalue weighted by Crippen LogP contribution is 2.32. The lowest BCUT2D eigenvalue weighted by atomic mass is 9.81. The summed E-state index contributed by atoms with van der Waals surface area (Å²) in [5, 5.41) is 3.58. The fourth-order valence-electron chi connectivity index (χ4n) is 3.62. The molecule has 1 unspecified atom stereocenters. The van der Waals surface area contributed by atoms with E-state index in [1.54, 1.807) is 0 Å². The molecule has 1 aliphatic heterocycles. The molecule has 0 bridgehead atoms. The molecule has 2 heteroatoms. The van der Waals surface area contributed by atoms with E-state index >= 15 is 0 Å². The smallest absolute Gasteiger partial charge is 0.00510 e. The van der Waals surface area contributed by atoms with Crippen molar-refractivity contribution < 1.29 is 0 Å². The number of hydrogen-bond acceptors (Lipinski definition) is 2. The first-order valence-electron chi connectivity index (χ1n) is 8.71. The fraction of sp³-hybridized carbons (Fsp3) is 0.684. The Morgan fingerprint density at radius 2 is 1.86 bits per heavy atom. The van der Waals surface area contributed by atoms with Crippen molar-refractivity contribution in [3.8, 4) is 0 Å². The molecule has 1 saturated heterocycles. The maximum Gasteiger partial charge on any atom is 0.00510 e. The topological polar surface area (TPSA) is 15.3 Å². The van der Waals surface area contributed by atoms with E-state index in [9.17, 15) is 0 Å². The zero-order valence-corrected chi connectivity index (χ0v) is 14.1. The molecule has 1 fully saturated rings. The average Bonchev–Trinajstić information content (AvgIpc) is 3.01. The van der Waals surface area contributed by atoms with E-state index in [0.29, 0.717) is 5.41 Å². The minimum Gasteiger partial charge on any atom is -0.316 e. The summed E-state index contributed by atoms with van der Waals surface area (Å²) in [4.78, 5) is 2.70. The standard InChI is InChI=1S/C19H32N2/c1-4-19(5-2,15-20-6-3)16-21-13-12-18(14-21)17-10-8-7-9-11-17/h7-11,18,20H,4-6,12-16H2,1-3H3. The van der Waals surface area contributed by atoms with Gasteiger partial charge < -0.3 is 10.2 Å². The monoisotopic (exact) mass is 288 g/mol. The van der Waals surface area contributed by atoms with Gasteiger partial charge in [-0.25, -0.2) is 0 Å². The van der Waals surface area contributed by atoms with Gasteiger partial charge >= 0.3 is 0 Å². The van der Waals surface area contributed by atoms with Crippen molar-refractivity contribution in [1.29, 1.82) is 0 Å². The third kappa shape index (κ3) is 4.31. The van der Waals surface area contributed by atoms with E-state index in [-0.39, 0.29) is 0 Å². The Morgan fingerprint density at radius 3 is 2.48 bits per heavy atom. The molecule has 118 valence electrons. The minimum atomic E-state index is 0.446. The van der Waals surface area contributed by atoms with Crippen molar-refractivity contribution in [2.75, 3.05) is 32.7 Å². The van der Waals surface area contributed by atoms with Gasteiger partial charge in [-0.2, -0.15) is 0 Å². The van der Waals surface area contributed by atoms with Gasteiger partial charge in [-0.15, -0.1) is 0 Å². The maximum absolute atomic E-state index is 3.58. The summed E-state index contributed by atoms with van der Waals surface area (Å²) < 4.78 is 0. The SMILES string of the molecule is CCNCC(CC)(CC)CN1CCC(c2ccccc2)C1. The van der Waals surface area contributed by atoms with E-state index in [2.05, 4.69) is 61.3 Å². The molecule has 1 heterocycles. The summed E-state index contributed by atoms with van der Waals surface area (Å²) >= 11 is 0. The van der Waals surface area contributed by atoms with Crippen LogP contribution in [0, 0.1) is 5.41 Å². The lowest BCUT2D eigenvalue weighted by Crippen LogP contribution is -2.43. The van der Waals surface area contributed by atoms with Crippen LogP contribution in [0.3, 0.4) is 0 Å². The second-order valence-corrected chi connectivity index (χ2v) is 6.62. The summed E-state index contributed by atoms with van der Waals surface area (Å²) in [6, 6.07) is 11.0. The van der Waals surface area contributed by atoms with Crippen LogP contribution in [0.4, 0.5) is 0 Å². The zero-order valence-electron chi connectivity index (χ0n) is 14.1. The average molecular weight is 288 g/mol. The normalized spacial score (nSPS) is 20.0. The van der Waals surface area contributed by atoms with E-state index < -0.39 is 0 Å². The van der Waals surface area contributed by atoms with Gasteiger partial charge in [0.05, 0.1) is 0 Å². The molecule has 2 nitrogen and oxygen atoms in total. The van der Waals surface area contributed by atoms with Crippen LogP contribution < -0.4 is 5.32 Å². The number of likely N-dealkylation sites (tertiary alicyclic amines) is 1. The number of nitrogens with one attached hydrogen (secondary N) is 1. The number of nitrogens with zero attached hydrogens (tertiary/aromatic N) is 1. The fourth-order valence-corrected chi connectivity index (χ4v) is 3.62. The molecule has 0 amide bonds. The molecule has 0 aromatic heterocycles. The Balaban J connectivity index is 1.94. The van der Waals surface area contributed by atoms with Crippen LogP contribution in [0.15, 0.2) is 30.3 Å². The Hall–Kier alpha value is -0.860. The quantitative estimate of drug-likeness (QED) is 0.780. The zero-order chi connectivity index (χ0) is 15.1. The molecule has 0 aliphatic carbocycles. The first-order valence-corrected chi connectivity index (χ1v) is 8.71. The van der Waals surface area contributed by atoms with Crippen LogP contribution in [0.25, 0.3) is 0 Å². The highest BCUT2D eigenvalue weighted by molar-refractivity contribution is 5.21. The van der Waals surface area contributed by atoms with Crippen molar-refractivity contribution in [2.24, 2.45) is 5.41 Å². The lowest BCUT2D eigenvalue weighted by Gasteiger charge is -2.36. The van der Waals surface area contributed by atoms with E-state index in [4.69, 9.17) is 0 Å². The summed E-state index contributed by atoms with van der Waals surface area (Å²) in [7, 11) is 0. The van der Waals surface area contributed by atoms with Crippen molar-refractivity contribution >= 4 is 0 Å². The van der Waals surface area contributed by atoms with Gasteiger partial charge in [0.2, 0.25) is 0 Å². The molecule has 0 spiro atoms. The predicted molar refractivity (Wildman–Crippen MR) is 91.8 cm³/mol. The summed E-state index contributed by atoms with van der Waals surface area (Å²) in [5.41, 5.74) is 1.96. The summed E-state index contributed by atoms with van der Waals surface area (Å²) in [6.45, 7) is 12.9. The second-order valence-electron chi connectivity index (χ2n) is 6.62. The summed E-state index contributed by atoms with van der Waals surface area (Å²) in [6.07, 6.45) is 3.85. The molecule has 1 aromatic rings.